The number of carbonyl (C=O) groups is 2. The Bertz CT molecular complexity index is 1120. The Hall–Kier alpha value is -3.07. The zero-order chi connectivity index (χ0) is 26.2. The van der Waals surface area contributed by atoms with Crippen LogP contribution in [0.1, 0.15) is 44.7 Å². The number of methoxy groups -OCH3 is 1. The number of ether oxygens (including phenoxy) is 1. The van der Waals surface area contributed by atoms with Gasteiger partial charge < -0.3 is 15.0 Å². The third-order valence-corrected chi connectivity index (χ3v) is 6.72. The van der Waals surface area contributed by atoms with Crippen molar-refractivity contribution in [1.82, 2.24) is 10.2 Å². The van der Waals surface area contributed by atoms with Gasteiger partial charge in [0.25, 0.3) is 0 Å². The quantitative estimate of drug-likeness (QED) is 0.478. The van der Waals surface area contributed by atoms with E-state index in [-0.39, 0.29) is 43.8 Å². The van der Waals surface area contributed by atoms with Crippen molar-refractivity contribution < 1.29 is 22.7 Å². The van der Waals surface area contributed by atoms with Crippen LogP contribution in [0.2, 0.25) is 0 Å². The van der Waals surface area contributed by atoms with E-state index in [0.717, 1.165) is 17.4 Å². The van der Waals surface area contributed by atoms with Gasteiger partial charge in [-0.2, -0.15) is 0 Å². The van der Waals surface area contributed by atoms with Gasteiger partial charge in [-0.25, -0.2) is 8.42 Å². The van der Waals surface area contributed by atoms with Crippen LogP contribution >= 0.6 is 0 Å². The van der Waals surface area contributed by atoms with Crippen molar-refractivity contribution in [3.8, 4) is 5.75 Å². The molecule has 9 heteroatoms. The number of amides is 2. The van der Waals surface area contributed by atoms with Crippen LogP contribution in [-0.2, 0) is 26.2 Å². The molecule has 2 aromatic carbocycles. The van der Waals surface area contributed by atoms with E-state index in [2.05, 4.69) is 5.32 Å². The molecule has 1 atom stereocenters. The molecule has 8 nitrogen and oxygen atoms in total. The minimum atomic E-state index is -3.60. The molecule has 192 valence electrons. The number of carbonyl (C=O) groups excluding carboxylic acids is 2. The van der Waals surface area contributed by atoms with E-state index in [1.807, 2.05) is 45.0 Å². The Balaban J connectivity index is 2.20. The smallest absolute Gasteiger partial charge is 0.242 e. The van der Waals surface area contributed by atoms with Gasteiger partial charge in [0.1, 0.15) is 11.8 Å². The number of anilines is 1. The number of hydrogen-bond donors (Lipinski definition) is 1. The van der Waals surface area contributed by atoms with Crippen LogP contribution in [0.5, 0.6) is 5.75 Å². The molecule has 0 radical (unpaired) electrons. The second-order valence-corrected chi connectivity index (χ2v) is 10.9. The molecule has 0 fully saturated rings. The molecule has 0 heterocycles. The molecule has 0 saturated heterocycles. The first-order valence-corrected chi connectivity index (χ1v) is 13.5. The number of sulfonamides is 1. The maximum atomic E-state index is 13.3. The molecule has 0 aliphatic rings. The molecule has 0 aliphatic heterocycles. The van der Waals surface area contributed by atoms with Crippen LogP contribution in [0.3, 0.4) is 0 Å². The first-order chi connectivity index (χ1) is 16.4. The number of hydrogen-bond acceptors (Lipinski definition) is 5. The SMILES string of the molecule is COc1ccccc1N(CCCC(=O)N(Cc1cccc(C)c1)C(C)C(=O)NC(C)C)S(C)(=O)=O. The fourth-order valence-corrected chi connectivity index (χ4v) is 4.78. The molecule has 0 spiro atoms. The fraction of sp³-hybridized carbons (Fsp3) is 0.462. The third kappa shape index (κ3) is 8.28. The van der Waals surface area contributed by atoms with Crippen LogP contribution in [0.25, 0.3) is 0 Å². The van der Waals surface area contributed by atoms with E-state index in [9.17, 15) is 18.0 Å². The van der Waals surface area contributed by atoms with Crippen molar-refractivity contribution in [3.05, 3.63) is 59.7 Å². The standard InChI is InChI=1S/C26H37N3O5S/c1-19(2)27-26(31)21(4)28(18-22-12-9-11-20(3)17-22)25(30)15-10-16-29(35(6,32)33)23-13-7-8-14-24(23)34-5/h7-9,11-14,17,19,21H,10,15-16,18H2,1-6H3,(H,27,31). The molecule has 0 aromatic heterocycles. The summed E-state index contributed by atoms with van der Waals surface area (Å²) in [5.74, 6) is -0.0107. The number of benzene rings is 2. The molecule has 0 saturated carbocycles. The van der Waals surface area contributed by atoms with Crippen molar-refractivity contribution >= 4 is 27.5 Å². The molecule has 0 bridgehead atoms. The number of aryl methyl sites for hydroxylation is 1. The summed E-state index contributed by atoms with van der Waals surface area (Å²) in [7, 11) is -2.12. The molecule has 2 rings (SSSR count). The lowest BCUT2D eigenvalue weighted by Crippen LogP contribution is -2.49. The zero-order valence-electron chi connectivity index (χ0n) is 21.4. The van der Waals surface area contributed by atoms with E-state index in [1.165, 1.54) is 11.4 Å². The summed E-state index contributed by atoms with van der Waals surface area (Å²) < 4.78 is 31.6. The Labute approximate surface area is 209 Å². The average Bonchev–Trinajstić information content (AvgIpc) is 2.78. The van der Waals surface area contributed by atoms with Crippen molar-refractivity contribution in [1.29, 1.82) is 0 Å². The van der Waals surface area contributed by atoms with E-state index in [4.69, 9.17) is 4.74 Å². The second kappa shape index (κ2) is 12.6. The molecular formula is C26H37N3O5S. The summed E-state index contributed by atoms with van der Waals surface area (Å²) >= 11 is 0. The Morgan fingerprint density at radius 3 is 2.34 bits per heavy atom. The van der Waals surface area contributed by atoms with E-state index >= 15 is 0 Å². The van der Waals surface area contributed by atoms with Crippen molar-refractivity contribution in [2.75, 3.05) is 24.2 Å². The van der Waals surface area contributed by atoms with Crippen LogP contribution in [0.4, 0.5) is 5.69 Å². The van der Waals surface area contributed by atoms with Crippen molar-refractivity contribution in [2.45, 2.75) is 59.2 Å². The predicted octanol–water partition coefficient (Wildman–Crippen LogP) is 3.49. The van der Waals surface area contributed by atoms with Gasteiger partial charge >= 0.3 is 0 Å². The molecule has 2 aromatic rings. The van der Waals surface area contributed by atoms with Gasteiger partial charge in [0.15, 0.2) is 0 Å². The first kappa shape index (κ1) is 28.2. The summed E-state index contributed by atoms with van der Waals surface area (Å²) in [5.41, 5.74) is 2.41. The highest BCUT2D eigenvalue weighted by Crippen LogP contribution is 2.29. The summed E-state index contributed by atoms with van der Waals surface area (Å²) in [4.78, 5) is 27.6. The minimum Gasteiger partial charge on any atom is -0.495 e. The molecular weight excluding hydrogens is 466 g/mol. The lowest BCUT2D eigenvalue weighted by Gasteiger charge is -2.30. The number of nitrogens with one attached hydrogen (secondary N) is 1. The highest BCUT2D eigenvalue weighted by atomic mass is 32.2. The summed E-state index contributed by atoms with van der Waals surface area (Å²) in [6.07, 6.45) is 1.50. The molecule has 1 N–H and O–H groups in total. The summed E-state index contributed by atoms with van der Waals surface area (Å²) in [5, 5.41) is 2.87. The number of para-hydroxylation sites is 2. The molecule has 2 amide bonds. The second-order valence-electron chi connectivity index (χ2n) is 8.96. The maximum absolute atomic E-state index is 13.3. The van der Waals surface area contributed by atoms with Gasteiger partial charge in [-0.05, 0) is 51.8 Å². The Morgan fingerprint density at radius 1 is 1.06 bits per heavy atom. The van der Waals surface area contributed by atoms with Crippen LogP contribution in [0, 0.1) is 6.92 Å². The lowest BCUT2D eigenvalue weighted by atomic mass is 10.1. The predicted molar refractivity (Wildman–Crippen MR) is 139 cm³/mol. The van der Waals surface area contributed by atoms with Gasteiger partial charge in [-0.15, -0.1) is 0 Å². The molecule has 35 heavy (non-hydrogen) atoms. The van der Waals surface area contributed by atoms with Gasteiger partial charge in [-0.1, -0.05) is 42.0 Å². The largest absolute Gasteiger partial charge is 0.495 e. The monoisotopic (exact) mass is 503 g/mol. The first-order valence-electron chi connectivity index (χ1n) is 11.7. The minimum absolute atomic E-state index is 0.0509. The van der Waals surface area contributed by atoms with Gasteiger partial charge in [-0.3, -0.25) is 13.9 Å². The third-order valence-electron chi connectivity index (χ3n) is 5.54. The zero-order valence-corrected chi connectivity index (χ0v) is 22.3. The molecule has 1 unspecified atom stereocenters. The van der Waals surface area contributed by atoms with Gasteiger partial charge in [0, 0.05) is 25.6 Å². The van der Waals surface area contributed by atoms with Crippen LogP contribution in [0.15, 0.2) is 48.5 Å². The average molecular weight is 504 g/mol. The lowest BCUT2D eigenvalue weighted by molar-refractivity contribution is -0.140. The Morgan fingerprint density at radius 2 is 1.74 bits per heavy atom. The maximum Gasteiger partial charge on any atom is 0.242 e. The fourth-order valence-electron chi connectivity index (χ4n) is 3.81. The van der Waals surface area contributed by atoms with E-state index in [1.54, 1.807) is 36.1 Å². The van der Waals surface area contributed by atoms with Gasteiger partial charge in [0.2, 0.25) is 21.8 Å². The normalized spacial score (nSPS) is 12.2. The van der Waals surface area contributed by atoms with E-state index < -0.39 is 16.1 Å². The summed E-state index contributed by atoms with van der Waals surface area (Å²) in [6.45, 7) is 7.82. The Kier molecular flexibility index (Phi) is 10.1. The van der Waals surface area contributed by atoms with Crippen LogP contribution in [-0.4, -0.2) is 57.1 Å². The van der Waals surface area contributed by atoms with Gasteiger partial charge in [0.05, 0.1) is 19.1 Å². The highest BCUT2D eigenvalue weighted by Gasteiger charge is 2.27. The number of rotatable bonds is 12. The van der Waals surface area contributed by atoms with Crippen molar-refractivity contribution in [2.24, 2.45) is 0 Å². The van der Waals surface area contributed by atoms with E-state index in [0.29, 0.717) is 11.4 Å². The van der Waals surface area contributed by atoms with Crippen molar-refractivity contribution in [3.63, 3.8) is 0 Å². The highest BCUT2D eigenvalue weighted by molar-refractivity contribution is 7.92. The number of nitrogens with zero attached hydrogens (tertiary/aromatic N) is 2. The molecule has 0 aliphatic carbocycles. The summed E-state index contributed by atoms with van der Waals surface area (Å²) in [6, 6.07) is 13.9. The topological polar surface area (TPSA) is 96.0 Å². The van der Waals surface area contributed by atoms with Crippen LogP contribution < -0.4 is 14.4 Å².